The first-order chi connectivity index (χ1) is 12.6. The van der Waals surface area contributed by atoms with E-state index in [-0.39, 0.29) is 24.0 Å². The summed E-state index contributed by atoms with van der Waals surface area (Å²) in [6, 6.07) is 7.70. The van der Waals surface area contributed by atoms with Gasteiger partial charge in [0.2, 0.25) is 0 Å². The third kappa shape index (κ3) is 6.62. The van der Waals surface area contributed by atoms with Gasteiger partial charge in [0.05, 0.1) is 23.5 Å². The molecular weight excluding hydrogens is 473 g/mol. The van der Waals surface area contributed by atoms with Gasteiger partial charge in [-0.3, -0.25) is 9.89 Å². The van der Waals surface area contributed by atoms with Crippen molar-refractivity contribution in [2.24, 2.45) is 16.6 Å². The zero-order chi connectivity index (χ0) is 18.4. The lowest BCUT2D eigenvalue weighted by molar-refractivity contribution is 0.179. The van der Waals surface area contributed by atoms with E-state index in [0.29, 0.717) is 11.9 Å². The van der Waals surface area contributed by atoms with Gasteiger partial charge >= 0.3 is 0 Å². The minimum Gasteiger partial charge on any atom is -0.495 e. The molecule has 3 rings (SSSR count). The highest BCUT2D eigenvalue weighted by molar-refractivity contribution is 14.0. The first-order valence-corrected chi connectivity index (χ1v) is 9.85. The van der Waals surface area contributed by atoms with Gasteiger partial charge in [0.1, 0.15) is 5.75 Å². The van der Waals surface area contributed by atoms with Crippen LogP contribution in [0.3, 0.4) is 0 Å². The maximum absolute atomic E-state index is 6.04. The molecule has 1 fully saturated rings. The summed E-state index contributed by atoms with van der Waals surface area (Å²) >= 11 is 1.72. The maximum atomic E-state index is 6.04. The number of rotatable bonds is 6. The molecule has 0 atom stereocenters. The summed E-state index contributed by atoms with van der Waals surface area (Å²) in [5.74, 6) is 1.78. The summed E-state index contributed by atoms with van der Waals surface area (Å²) in [5, 5.41) is 6.43. The van der Waals surface area contributed by atoms with Crippen LogP contribution in [0.2, 0.25) is 0 Å². The van der Waals surface area contributed by atoms with Gasteiger partial charge in [0.15, 0.2) is 5.96 Å². The quantitative estimate of drug-likeness (QED) is 0.359. The summed E-state index contributed by atoms with van der Waals surface area (Å²) < 4.78 is 5.32. The molecule has 0 radical (unpaired) electrons. The molecule has 6 nitrogen and oxygen atoms in total. The lowest BCUT2D eigenvalue weighted by atomic mass is 9.97. The van der Waals surface area contributed by atoms with E-state index >= 15 is 0 Å². The Morgan fingerprint density at radius 1 is 1.37 bits per heavy atom. The molecule has 2 aromatic rings. The zero-order valence-corrected chi connectivity index (χ0v) is 19.0. The Morgan fingerprint density at radius 2 is 2.11 bits per heavy atom. The van der Waals surface area contributed by atoms with Crippen molar-refractivity contribution in [3.05, 3.63) is 40.3 Å². The third-order valence-corrected chi connectivity index (χ3v) is 5.47. The molecule has 0 amide bonds. The maximum Gasteiger partial charge on any atom is 0.193 e. The van der Waals surface area contributed by atoms with Crippen LogP contribution in [0.25, 0.3) is 0 Å². The molecule has 3 N–H and O–H groups in total. The van der Waals surface area contributed by atoms with E-state index in [4.69, 9.17) is 10.5 Å². The Morgan fingerprint density at radius 3 is 2.78 bits per heavy atom. The highest BCUT2D eigenvalue weighted by atomic mass is 127. The standard InChI is InChI=1S/C19H27N5OS.HI/c1-14-22-16(13-26-14)12-24-9-7-15(8-10-24)11-21-19(20)23-17-5-3-4-6-18(17)25-2;/h3-6,13,15H,7-12H2,1-2H3,(H3,20,21,23);1H. The van der Waals surface area contributed by atoms with Crippen LogP contribution in [0.5, 0.6) is 5.75 Å². The normalized spacial score (nSPS) is 16.0. The number of anilines is 1. The second-order valence-electron chi connectivity index (χ2n) is 6.63. The summed E-state index contributed by atoms with van der Waals surface area (Å²) in [6.07, 6.45) is 2.29. The smallest absolute Gasteiger partial charge is 0.193 e. The van der Waals surface area contributed by atoms with Crippen molar-refractivity contribution in [2.45, 2.75) is 26.3 Å². The fourth-order valence-electron chi connectivity index (χ4n) is 3.19. The van der Waals surface area contributed by atoms with Gasteiger partial charge in [-0.05, 0) is 50.9 Å². The van der Waals surface area contributed by atoms with Crippen molar-refractivity contribution in [3.63, 3.8) is 0 Å². The molecule has 1 aromatic heterocycles. The van der Waals surface area contributed by atoms with E-state index in [9.17, 15) is 0 Å². The molecule has 8 heteroatoms. The molecule has 0 unspecified atom stereocenters. The molecule has 27 heavy (non-hydrogen) atoms. The van der Waals surface area contributed by atoms with Gasteiger partial charge in [-0.15, -0.1) is 35.3 Å². The predicted molar refractivity (Wildman–Crippen MR) is 123 cm³/mol. The van der Waals surface area contributed by atoms with Crippen molar-refractivity contribution >= 4 is 47.0 Å². The van der Waals surface area contributed by atoms with Crippen molar-refractivity contribution < 1.29 is 4.74 Å². The topological polar surface area (TPSA) is 75.8 Å². The molecule has 2 heterocycles. The number of aliphatic imine (C=N–C) groups is 1. The highest BCUT2D eigenvalue weighted by Crippen LogP contribution is 2.23. The number of aromatic nitrogens is 1. The molecule has 1 aromatic carbocycles. The summed E-state index contributed by atoms with van der Waals surface area (Å²) in [5.41, 5.74) is 8.07. The Hall–Kier alpha value is -1.39. The van der Waals surface area contributed by atoms with Crippen molar-refractivity contribution in [1.29, 1.82) is 0 Å². The Kier molecular flexibility index (Phi) is 8.78. The number of hydrogen-bond acceptors (Lipinski definition) is 5. The van der Waals surface area contributed by atoms with E-state index in [1.54, 1.807) is 18.4 Å². The largest absolute Gasteiger partial charge is 0.495 e. The number of hydrogen-bond donors (Lipinski definition) is 2. The second-order valence-corrected chi connectivity index (χ2v) is 7.69. The van der Waals surface area contributed by atoms with Crippen LogP contribution >= 0.6 is 35.3 Å². The molecule has 0 aliphatic carbocycles. The Bertz CT molecular complexity index is 743. The van der Waals surface area contributed by atoms with E-state index in [1.807, 2.05) is 24.3 Å². The van der Waals surface area contributed by atoms with Gasteiger partial charge < -0.3 is 15.8 Å². The number of halogens is 1. The average Bonchev–Trinajstić information content (AvgIpc) is 3.06. The first kappa shape index (κ1) is 21.9. The molecule has 1 saturated heterocycles. The SMILES string of the molecule is COc1ccccc1NC(N)=NCC1CCN(Cc2csc(C)n2)CC1.I. The van der Waals surface area contributed by atoms with Crippen LogP contribution in [0.15, 0.2) is 34.6 Å². The molecule has 0 bridgehead atoms. The first-order valence-electron chi connectivity index (χ1n) is 8.97. The number of nitrogens with zero attached hydrogens (tertiary/aromatic N) is 3. The van der Waals surface area contributed by atoms with Crippen LogP contribution in [-0.4, -0.2) is 42.6 Å². The number of nitrogens with two attached hydrogens (primary N) is 1. The predicted octanol–water partition coefficient (Wildman–Crippen LogP) is 3.72. The minimum atomic E-state index is 0. The third-order valence-electron chi connectivity index (χ3n) is 4.65. The van der Waals surface area contributed by atoms with Crippen molar-refractivity contribution in [1.82, 2.24) is 9.88 Å². The number of aryl methyl sites for hydroxylation is 1. The molecule has 0 spiro atoms. The minimum absolute atomic E-state index is 0. The molecule has 148 valence electrons. The van der Waals surface area contributed by atoms with E-state index in [2.05, 4.69) is 32.5 Å². The molecule has 1 aliphatic heterocycles. The lowest BCUT2D eigenvalue weighted by Crippen LogP contribution is -2.34. The van der Waals surface area contributed by atoms with E-state index < -0.39 is 0 Å². The number of benzene rings is 1. The molecule has 1 aliphatic rings. The number of nitrogens with one attached hydrogen (secondary N) is 1. The van der Waals surface area contributed by atoms with Crippen LogP contribution in [-0.2, 0) is 6.54 Å². The van der Waals surface area contributed by atoms with Gasteiger partial charge in [-0.2, -0.15) is 0 Å². The Balaban J connectivity index is 0.00000261. The van der Waals surface area contributed by atoms with Crippen molar-refractivity contribution in [3.8, 4) is 5.75 Å². The average molecular weight is 501 g/mol. The van der Waals surface area contributed by atoms with Gasteiger partial charge in [-0.1, -0.05) is 12.1 Å². The number of para-hydroxylation sites is 2. The number of methoxy groups -OCH3 is 1. The van der Waals surface area contributed by atoms with Crippen molar-refractivity contribution in [2.75, 3.05) is 32.1 Å². The summed E-state index contributed by atoms with van der Waals surface area (Å²) in [6.45, 7) is 5.96. The second kappa shape index (κ2) is 10.8. The Labute approximate surface area is 182 Å². The highest BCUT2D eigenvalue weighted by Gasteiger charge is 2.19. The number of likely N-dealkylation sites (tertiary alicyclic amines) is 1. The van der Waals surface area contributed by atoms with Gasteiger partial charge in [0.25, 0.3) is 0 Å². The van der Waals surface area contributed by atoms with Crippen LogP contribution in [0.1, 0.15) is 23.5 Å². The number of guanidine groups is 1. The fraction of sp³-hybridized carbons (Fsp3) is 0.474. The van der Waals surface area contributed by atoms with E-state index in [1.165, 1.54) is 5.69 Å². The van der Waals surface area contributed by atoms with Crippen LogP contribution in [0.4, 0.5) is 5.69 Å². The van der Waals surface area contributed by atoms with Gasteiger partial charge in [-0.25, -0.2) is 4.98 Å². The summed E-state index contributed by atoms with van der Waals surface area (Å²) in [7, 11) is 1.65. The van der Waals surface area contributed by atoms with Gasteiger partial charge in [0, 0.05) is 18.5 Å². The van der Waals surface area contributed by atoms with Crippen LogP contribution < -0.4 is 15.8 Å². The molecular formula is C19H28IN5OS. The zero-order valence-electron chi connectivity index (χ0n) is 15.9. The molecule has 0 saturated carbocycles. The lowest BCUT2D eigenvalue weighted by Gasteiger charge is -2.30. The van der Waals surface area contributed by atoms with E-state index in [0.717, 1.165) is 55.5 Å². The summed E-state index contributed by atoms with van der Waals surface area (Å²) in [4.78, 5) is 11.6. The fourth-order valence-corrected chi connectivity index (χ4v) is 3.79. The number of thiazole rings is 1. The van der Waals surface area contributed by atoms with Crippen LogP contribution in [0, 0.1) is 12.8 Å². The monoisotopic (exact) mass is 501 g/mol. The number of piperidine rings is 1. The number of ether oxygens (including phenoxy) is 1.